The van der Waals surface area contributed by atoms with Crippen LogP contribution in [0.15, 0.2) is 54.6 Å². The highest BCUT2D eigenvalue weighted by atomic mass is 16.5. The highest BCUT2D eigenvalue weighted by Gasteiger charge is 2.24. The van der Waals surface area contributed by atoms with Crippen LogP contribution in [0.1, 0.15) is 54.1 Å². The number of ketones is 2. The van der Waals surface area contributed by atoms with Crippen molar-refractivity contribution >= 4 is 17.3 Å². The zero-order valence-corrected chi connectivity index (χ0v) is 15.7. The van der Waals surface area contributed by atoms with Crippen molar-refractivity contribution < 1.29 is 14.3 Å². The first kappa shape index (κ1) is 18.9. The van der Waals surface area contributed by atoms with Crippen LogP contribution in [0.3, 0.4) is 0 Å². The topological polar surface area (TPSA) is 55.4 Å². The van der Waals surface area contributed by atoms with Crippen LogP contribution in [0.25, 0.3) is 5.70 Å². The number of carbonyl (C=O) groups is 2. The number of hydrogen-bond acceptors (Lipinski definition) is 4. The van der Waals surface area contributed by atoms with Crippen molar-refractivity contribution in [1.29, 1.82) is 0 Å². The van der Waals surface area contributed by atoms with E-state index in [2.05, 4.69) is 12.2 Å². The lowest BCUT2D eigenvalue weighted by molar-refractivity contribution is -0.111. The van der Waals surface area contributed by atoms with Gasteiger partial charge in [0.05, 0.1) is 6.61 Å². The molecule has 3 rings (SSSR count). The minimum atomic E-state index is -0.483. The van der Waals surface area contributed by atoms with E-state index in [1.807, 2.05) is 36.4 Å². The third-order valence-electron chi connectivity index (χ3n) is 4.63. The van der Waals surface area contributed by atoms with Crippen molar-refractivity contribution in [2.75, 3.05) is 6.61 Å². The zero-order valence-electron chi connectivity index (χ0n) is 15.7. The van der Waals surface area contributed by atoms with Crippen molar-refractivity contribution in [3.63, 3.8) is 0 Å². The Hall–Kier alpha value is -2.88. The second-order valence-corrected chi connectivity index (χ2v) is 6.70. The number of carbonyl (C=O) groups excluding carboxylic acids is 2. The van der Waals surface area contributed by atoms with Gasteiger partial charge in [0.15, 0.2) is 0 Å². The number of benzene rings is 2. The van der Waals surface area contributed by atoms with Crippen LogP contribution in [-0.4, -0.2) is 18.2 Å². The van der Waals surface area contributed by atoms with Gasteiger partial charge < -0.3 is 10.1 Å². The number of rotatable bonds is 9. The second kappa shape index (κ2) is 9.17. The molecule has 1 aliphatic rings. The average molecular weight is 363 g/mol. The van der Waals surface area contributed by atoms with Gasteiger partial charge in [-0.05, 0) is 24.1 Å². The summed E-state index contributed by atoms with van der Waals surface area (Å²) >= 11 is 0. The van der Waals surface area contributed by atoms with Gasteiger partial charge in [0.2, 0.25) is 11.6 Å². The van der Waals surface area contributed by atoms with Crippen molar-refractivity contribution in [3.8, 4) is 5.75 Å². The van der Waals surface area contributed by atoms with Crippen molar-refractivity contribution in [2.24, 2.45) is 0 Å². The molecule has 0 radical (unpaired) electrons. The smallest absolute Gasteiger partial charge is 0.233 e. The van der Waals surface area contributed by atoms with Crippen LogP contribution < -0.4 is 10.1 Å². The number of ether oxygens (including phenoxy) is 1. The third kappa shape index (κ3) is 4.85. The number of Topliss-reactive ketones (excluding diaryl/α,β-unsaturated/α-hetero) is 1. The number of allylic oxidation sites excluding steroid dienone is 1. The van der Waals surface area contributed by atoms with Crippen molar-refractivity contribution in [2.45, 2.75) is 39.2 Å². The average Bonchev–Trinajstić information content (AvgIpc) is 2.70. The van der Waals surface area contributed by atoms with Crippen molar-refractivity contribution in [3.05, 3.63) is 71.3 Å². The molecule has 0 unspecified atom stereocenters. The Kier molecular flexibility index (Phi) is 6.42. The number of hydrogen-bond donors (Lipinski definition) is 1. The van der Waals surface area contributed by atoms with Crippen molar-refractivity contribution in [1.82, 2.24) is 5.32 Å². The minimum absolute atomic E-state index is 0.448. The van der Waals surface area contributed by atoms with E-state index in [0.717, 1.165) is 29.9 Å². The Morgan fingerprint density at radius 2 is 1.63 bits per heavy atom. The molecule has 0 atom stereocenters. The highest BCUT2D eigenvalue weighted by molar-refractivity contribution is 6.50. The van der Waals surface area contributed by atoms with Crippen LogP contribution in [0.4, 0.5) is 0 Å². The molecule has 0 fully saturated rings. The molecule has 27 heavy (non-hydrogen) atoms. The fraction of sp³-hybridized carbons (Fsp3) is 0.304. The quantitative estimate of drug-likeness (QED) is 0.525. The van der Waals surface area contributed by atoms with Gasteiger partial charge in [-0.15, -0.1) is 0 Å². The van der Waals surface area contributed by atoms with E-state index >= 15 is 0 Å². The van der Waals surface area contributed by atoms with E-state index in [-0.39, 0.29) is 0 Å². The molecule has 0 heterocycles. The molecule has 0 spiro atoms. The van der Waals surface area contributed by atoms with Crippen LogP contribution in [0, 0.1) is 0 Å². The minimum Gasteiger partial charge on any atom is -0.494 e. The normalized spacial score (nSPS) is 13.1. The van der Waals surface area contributed by atoms with E-state index in [4.69, 9.17) is 4.74 Å². The first-order valence-corrected chi connectivity index (χ1v) is 9.54. The molecule has 2 aromatic carbocycles. The lowest BCUT2D eigenvalue weighted by Crippen LogP contribution is -2.24. The first-order valence-electron chi connectivity index (χ1n) is 9.54. The van der Waals surface area contributed by atoms with Crippen LogP contribution >= 0.6 is 0 Å². The van der Waals surface area contributed by atoms with Gasteiger partial charge in [-0.3, -0.25) is 9.59 Å². The molecular weight excluding hydrogens is 338 g/mol. The zero-order chi connectivity index (χ0) is 19.1. The van der Waals surface area contributed by atoms with Gasteiger partial charge in [-0.25, -0.2) is 0 Å². The Morgan fingerprint density at radius 3 is 2.37 bits per heavy atom. The maximum absolute atomic E-state index is 12.0. The maximum atomic E-state index is 12.0. The molecule has 140 valence electrons. The van der Waals surface area contributed by atoms with Gasteiger partial charge in [-0.1, -0.05) is 62.6 Å². The summed E-state index contributed by atoms with van der Waals surface area (Å²) in [6.45, 7) is 3.51. The monoisotopic (exact) mass is 363 g/mol. The Balaban J connectivity index is 1.56. The molecule has 0 saturated heterocycles. The lowest BCUT2D eigenvalue weighted by Gasteiger charge is -2.18. The molecule has 0 saturated carbocycles. The molecule has 1 N–H and O–H groups in total. The van der Waals surface area contributed by atoms with Crippen LogP contribution in [-0.2, 0) is 11.3 Å². The molecule has 0 bridgehead atoms. The summed E-state index contributed by atoms with van der Waals surface area (Å²) in [5.74, 6) is -0.0575. The second-order valence-electron chi connectivity index (χ2n) is 6.70. The summed E-state index contributed by atoms with van der Waals surface area (Å²) < 4.78 is 5.76. The van der Waals surface area contributed by atoms with Crippen LogP contribution in [0.5, 0.6) is 5.75 Å². The lowest BCUT2D eigenvalue weighted by atomic mass is 9.93. The third-order valence-corrected chi connectivity index (χ3v) is 4.63. The summed E-state index contributed by atoms with van der Waals surface area (Å²) in [4.78, 5) is 23.9. The largest absolute Gasteiger partial charge is 0.494 e. The Morgan fingerprint density at radius 1 is 0.889 bits per heavy atom. The molecular formula is C23H25NO3. The summed E-state index contributed by atoms with van der Waals surface area (Å²) in [5.41, 5.74) is 3.00. The number of nitrogens with one attached hydrogen (secondary N) is 1. The predicted molar refractivity (Wildman–Crippen MR) is 107 cm³/mol. The summed E-state index contributed by atoms with van der Waals surface area (Å²) in [7, 11) is 0. The van der Waals surface area contributed by atoms with Gasteiger partial charge in [0.1, 0.15) is 5.75 Å². The SMILES string of the molecule is CCCCCCOc1ccc(CNC2=CC(=O)C(=O)c3ccccc32)cc1. The maximum Gasteiger partial charge on any atom is 0.233 e. The van der Waals surface area contributed by atoms with E-state index in [1.54, 1.807) is 12.1 Å². The number of unbranched alkanes of at least 4 members (excludes halogenated alkanes) is 3. The predicted octanol–water partition coefficient (Wildman–Crippen LogP) is 4.54. The van der Waals surface area contributed by atoms with E-state index < -0.39 is 11.6 Å². The van der Waals surface area contributed by atoms with Gasteiger partial charge in [0, 0.05) is 29.4 Å². The molecule has 1 aliphatic carbocycles. The standard InChI is InChI=1S/C23H25NO3/c1-2-3-4-7-14-27-18-12-10-17(11-13-18)16-24-21-15-22(25)23(26)20-9-6-5-8-19(20)21/h5-6,8-13,15,24H,2-4,7,14,16H2,1H3. The molecule has 0 amide bonds. The van der Waals surface area contributed by atoms with E-state index in [0.29, 0.717) is 17.8 Å². The summed E-state index contributed by atoms with van der Waals surface area (Å²) in [6.07, 6.45) is 6.15. The van der Waals surface area contributed by atoms with E-state index in [9.17, 15) is 9.59 Å². The number of fused-ring (bicyclic) bond motifs is 1. The summed E-state index contributed by atoms with van der Waals surface area (Å²) in [5, 5.41) is 3.28. The van der Waals surface area contributed by atoms with Gasteiger partial charge in [-0.2, -0.15) is 0 Å². The summed E-state index contributed by atoms with van der Waals surface area (Å²) in [6, 6.07) is 15.1. The highest BCUT2D eigenvalue weighted by Crippen LogP contribution is 2.23. The molecule has 2 aromatic rings. The fourth-order valence-corrected chi connectivity index (χ4v) is 3.09. The van der Waals surface area contributed by atoms with Crippen LogP contribution in [0.2, 0.25) is 0 Å². The van der Waals surface area contributed by atoms with Gasteiger partial charge >= 0.3 is 0 Å². The molecule has 0 aromatic heterocycles. The Labute approximate surface area is 160 Å². The fourth-order valence-electron chi connectivity index (χ4n) is 3.09. The van der Waals surface area contributed by atoms with E-state index in [1.165, 1.54) is 25.3 Å². The molecule has 4 heteroatoms. The Bertz CT molecular complexity index is 837. The molecule has 0 aliphatic heterocycles. The first-order chi connectivity index (χ1) is 13.2. The molecule has 4 nitrogen and oxygen atoms in total. The van der Waals surface area contributed by atoms with Gasteiger partial charge in [0.25, 0.3) is 0 Å².